The molecule has 2 aromatic carbocycles. The summed E-state index contributed by atoms with van der Waals surface area (Å²) in [6.45, 7) is 3.38. The predicted molar refractivity (Wildman–Crippen MR) is 419 cm³/mol. The number of amides is 14. The van der Waals surface area contributed by atoms with Gasteiger partial charge in [0.05, 0.1) is 51.8 Å². The lowest BCUT2D eigenvalue weighted by molar-refractivity contribution is -0.156. The number of aliphatic hydroxyl groups is 1. The fourth-order valence-corrected chi connectivity index (χ4v) is 12.3. The number of aliphatic hydroxyl groups excluding tert-OH is 1. The van der Waals surface area contributed by atoms with E-state index in [9.17, 15) is 117 Å². The minimum atomic E-state index is -2.44. The smallest absolute Gasteiger partial charge is 0.329 e. The molecule has 3 aromatic rings. The number of nitrogens with two attached hydrogens (primary N) is 2. The molecule has 0 aliphatic carbocycles. The number of para-hydroxylation sites is 2. The molecule has 0 saturated carbocycles. The molecule has 0 bridgehead atoms. The van der Waals surface area contributed by atoms with E-state index in [-0.39, 0.29) is 43.5 Å². The molecule has 0 radical (unpaired) electrons. The number of nitrogens with one attached hydrogen (secondary N) is 15. The maximum Gasteiger partial charge on any atom is 0.329 e. The fourth-order valence-electron chi connectivity index (χ4n) is 12.3. The Morgan fingerprint density at radius 2 is 1.08 bits per heavy atom. The SMILES string of the molecule is CCCCCCCCCC(=O)N[C@@H](Cc1c[nH]c2ccccc12)C(=O)N[C@H](CC(N)=O)C(=O)N[C@@H](CC(=O)O)C(=O)N[C@@H]1C(=O)NCC(=O)N[C@@H](CCCN)C(=O)N[C@@H](CC(=O)O)C(=O)N[C@H](C)C(=O)N[C@@H](CC(=O)O)C(=O)NCC(=O)N[C@H](CO)C(=O)N[C@@H]([C@H](C)CC(=O)O)C(=O)N[C@@H](CC(=O)c2ccccc2NCCCC)C(=O)O[C@@H]1C. The molecule has 1 aliphatic heterocycles. The van der Waals surface area contributed by atoms with E-state index in [2.05, 4.69) is 70.4 Å². The van der Waals surface area contributed by atoms with Crippen LogP contribution in [0.25, 0.3) is 10.9 Å². The van der Waals surface area contributed by atoms with Gasteiger partial charge in [-0.25, -0.2) is 4.79 Å². The number of carboxylic acid groups (broad SMARTS) is 4. The van der Waals surface area contributed by atoms with E-state index in [1.165, 1.54) is 18.2 Å². The van der Waals surface area contributed by atoms with Crippen LogP contribution >= 0.6 is 0 Å². The van der Waals surface area contributed by atoms with Crippen LogP contribution in [0.2, 0.25) is 0 Å². The number of rotatable bonds is 39. The molecule has 0 spiro atoms. The maximum atomic E-state index is 15.1. The summed E-state index contributed by atoms with van der Waals surface area (Å²) in [5.41, 5.74) is 12.6. The van der Waals surface area contributed by atoms with Crippen molar-refractivity contribution in [2.45, 2.75) is 229 Å². The average molecular weight is 1680 g/mol. The third-order valence-corrected chi connectivity index (χ3v) is 18.7. The van der Waals surface area contributed by atoms with Crippen LogP contribution in [-0.2, 0) is 102 Å². The zero-order valence-electron chi connectivity index (χ0n) is 66.6. The fraction of sp³-hybridized carbons (Fsp3) is 0.553. The summed E-state index contributed by atoms with van der Waals surface area (Å²) in [6, 6.07) is -9.85. The Morgan fingerprint density at radius 3 is 1.70 bits per heavy atom. The summed E-state index contributed by atoms with van der Waals surface area (Å²) in [6.07, 6.45) is -0.935. The van der Waals surface area contributed by atoms with Gasteiger partial charge in [0.2, 0.25) is 82.7 Å². The number of carboxylic acids is 4. The van der Waals surface area contributed by atoms with Crippen molar-refractivity contribution in [2.75, 3.05) is 38.1 Å². The van der Waals surface area contributed by atoms with E-state index < -0.39 is 255 Å². The highest BCUT2D eigenvalue weighted by atomic mass is 16.5. The molecule has 2 heterocycles. The lowest BCUT2D eigenvalue weighted by Crippen LogP contribution is -2.62. The molecule has 14 amide bonds. The number of carbonyl (C=O) groups is 20. The zero-order valence-corrected chi connectivity index (χ0v) is 66.6. The molecular formula is C76H109N17O26. The molecule has 654 valence electrons. The van der Waals surface area contributed by atoms with Gasteiger partial charge in [-0.05, 0) is 75.8 Å². The Morgan fingerprint density at radius 1 is 0.538 bits per heavy atom. The van der Waals surface area contributed by atoms with Gasteiger partial charge >= 0.3 is 29.8 Å². The van der Waals surface area contributed by atoms with E-state index >= 15 is 4.79 Å². The van der Waals surface area contributed by atoms with Crippen molar-refractivity contribution in [3.05, 3.63) is 65.9 Å². The highest BCUT2D eigenvalue weighted by molar-refractivity contribution is 6.05. The lowest BCUT2D eigenvalue weighted by Gasteiger charge is -2.30. The van der Waals surface area contributed by atoms with E-state index in [1.807, 2.05) is 22.9 Å². The number of ketones is 1. The molecular weight excluding hydrogens is 1570 g/mol. The van der Waals surface area contributed by atoms with Gasteiger partial charge in [0.1, 0.15) is 72.6 Å². The number of Topliss-reactive ketones (excluding diaryl/α,β-unsaturated/α-hetero) is 1. The van der Waals surface area contributed by atoms with Crippen LogP contribution in [0, 0.1) is 5.92 Å². The molecule has 1 saturated heterocycles. The van der Waals surface area contributed by atoms with Crippen LogP contribution in [0.3, 0.4) is 0 Å². The van der Waals surface area contributed by atoms with Gasteiger partial charge in [0.25, 0.3) is 0 Å². The number of aromatic amines is 1. The monoisotopic (exact) mass is 1680 g/mol. The number of unbranched alkanes of at least 4 members (excludes halogenated alkanes) is 7. The summed E-state index contributed by atoms with van der Waals surface area (Å²) in [4.78, 5) is 278. The molecule has 43 nitrogen and oxygen atoms in total. The molecule has 1 fully saturated rings. The number of hydrogen-bond acceptors (Lipinski definition) is 24. The van der Waals surface area contributed by atoms with Crippen molar-refractivity contribution in [1.29, 1.82) is 0 Å². The van der Waals surface area contributed by atoms with Gasteiger partial charge in [-0.1, -0.05) is 96.0 Å². The number of aliphatic carboxylic acids is 4. The first-order valence-corrected chi connectivity index (χ1v) is 38.8. The average Bonchev–Trinajstić information content (AvgIpc) is 1.73. The number of aromatic nitrogens is 1. The van der Waals surface area contributed by atoms with E-state index in [0.717, 1.165) is 52.9 Å². The predicted octanol–water partition coefficient (Wildman–Crippen LogP) is -3.99. The number of carbonyl (C=O) groups excluding carboxylic acids is 16. The maximum absolute atomic E-state index is 15.1. The summed E-state index contributed by atoms with van der Waals surface area (Å²) in [7, 11) is 0. The second-order valence-electron chi connectivity index (χ2n) is 28.5. The molecule has 4 rings (SSSR count). The Bertz CT molecular complexity index is 4120. The molecule has 119 heavy (non-hydrogen) atoms. The van der Waals surface area contributed by atoms with Crippen LogP contribution in [0.4, 0.5) is 5.69 Å². The van der Waals surface area contributed by atoms with Crippen molar-refractivity contribution in [3.63, 3.8) is 0 Å². The number of hydrogen-bond donors (Lipinski definition) is 22. The normalized spacial score (nSPS) is 20.8. The van der Waals surface area contributed by atoms with Gasteiger partial charge in [0.15, 0.2) is 5.78 Å². The summed E-state index contributed by atoms with van der Waals surface area (Å²) >= 11 is 0. The van der Waals surface area contributed by atoms with Crippen LogP contribution in [-0.4, -0.2) is 254 Å². The number of ether oxygens (including phenoxy) is 1. The van der Waals surface area contributed by atoms with Crippen LogP contribution in [0.15, 0.2) is 54.7 Å². The first-order valence-electron chi connectivity index (χ1n) is 38.8. The minimum absolute atomic E-state index is 0.0162. The number of cyclic esters (lactones) is 1. The standard InChI is InChI=1S/C76H109N17O26/c1-6-8-10-11-12-13-14-25-57(97)85-48(29-42-35-80-45-22-17-15-20-43(42)45)70(112)88-49(31-56(78)96)71(113)90-52(34-63(106)107)72(114)93-65-41(5)119-76(118)53(30-55(95)44-21-16-18-23-46(44)79-27-9-7-2)91-75(117)64(39(3)28-60(100)101)92-73(115)54(38-94)86-59(99)36-81-67(109)50(32-61(102)103)87-66(108)40(4)83-69(111)51(33-62(104)105)89-68(110)47(24-19-26-77)84-58(98)37-82-74(65)116/h15-18,20-23,35,39-41,47-54,64-65,79-80,94H,6-14,19,24-34,36-38,77H2,1-5H3,(H2,78,96)(H,81,109)(H,82,116)(H,83,111)(H,84,98)(H,85,97)(H,86,99)(H,87,108)(H,88,112)(H,89,110)(H,90,113)(H,91,117)(H,92,115)(H,93,114)(H,100,101)(H,102,103)(H,104,105)(H,106,107)/t39-,40-,41-,47+,48+,49-,50+,51+,52+,53+,54-,64+,65+/m1/s1. The summed E-state index contributed by atoms with van der Waals surface area (Å²) < 4.78 is 5.78. The van der Waals surface area contributed by atoms with Gasteiger partial charge in [-0.2, -0.15) is 0 Å². The number of fused-ring (bicyclic) bond motifs is 1. The second kappa shape index (κ2) is 50.7. The Balaban J connectivity index is 1.91. The molecule has 1 aromatic heterocycles. The number of anilines is 1. The Labute approximate surface area is 683 Å². The van der Waals surface area contributed by atoms with Crippen molar-refractivity contribution in [1.82, 2.24) is 74.1 Å². The largest absolute Gasteiger partial charge is 0.481 e. The minimum Gasteiger partial charge on any atom is -0.481 e. The third-order valence-electron chi connectivity index (χ3n) is 18.7. The van der Waals surface area contributed by atoms with Crippen molar-refractivity contribution >= 4 is 135 Å². The first kappa shape index (κ1) is 98.7. The second-order valence-corrected chi connectivity index (χ2v) is 28.5. The molecule has 43 heteroatoms. The van der Waals surface area contributed by atoms with Crippen LogP contribution in [0.1, 0.15) is 166 Å². The highest BCUT2D eigenvalue weighted by Crippen LogP contribution is 2.23. The van der Waals surface area contributed by atoms with Crippen molar-refractivity contribution in [2.24, 2.45) is 17.4 Å². The topological polar surface area (TPSA) is 688 Å². The Kier molecular flexibility index (Phi) is 42.0. The van der Waals surface area contributed by atoms with E-state index in [4.69, 9.17) is 16.2 Å². The van der Waals surface area contributed by atoms with E-state index in [1.54, 1.807) is 36.5 Å². The number of benzene rings is 2. The quantitative estimate of drug-likeness (QED) is 0.0147. The highest BCUT2D eigenvalue weighted by Gasteiger charge is 2.41. The third kappa shape index (κ3) is 34.6. The van der Waals surface area contributed by atoms with Crippen LogP contribution < -0.4 is 85.9 Å². The van der Waals surface area contributed by atoms with Crippen LogP contribution in [0.5, 0.6) is 0 Å². The first-order chi connectivity index (χ1) is 56.4. The van der Waals surface area contributed by atoms with Gasteiger partial charge in [-0.15, -0.1) is 0 Å². The van der Waals surface area contributed by atoms with Gasteiger partial charge in [0, 0.05) is 54.2 Å². The Hall–Kier alpha value is -12.7. The molecule has 24 N–H and O–H groups in total. The van der Waals surface area contributed by atoms with Crippen molar-refractivity contribution in [3.8, 4) is 0 Å². The van der Waals surface area contributed by atoms with Gasteiger partial charge in [-0.3, -0.25) is 91.1 Å². The molecule has 13 atom stereocenters. The van der Waals surface area contributed by atoms with Crippen molar-refractivity contribution < 1.29 is 126 Å². The lowest BCUT2D eigenvalue weighted by atomic mass is 9.95. The summed E-state index contributed by atoms with van der Waals surface area (Å²) in [5.74, 6) is -29.4. The molecule has 0 unspecified atom stereocenters. The number of esters is 1. The number of H-pyrrole nitrogens is 1. The zero-order chi connectivity index (χ0) is 88.6. The van der Waals surface area contributed by atoms with E-state index in [0.29, 0.717) is 48.7 Å². The number of primary amides is 1. The molecule has 1 aliphatic rings. The summed E-state index contributed by atoms with van der Waals surface area (Å²) in [5, 5.41) is 82.3. The van der Waals surface area contributed by atoms with Gasteiger partial charge < -0.3 is 121 Å².